The van der Waals surface area contributed by atoms with Gasteiger partial charge in [-0.1, -0.05) is 53.4 Å². The molecule has 4 aliphatic rings. The molecular weight excluding hydrogens is 650 g/mol. The molecule has 4 saturated carbocycles. The van der Waals surface area contributed by atoms with Gasteiger partial charge < -0.3 is 36.1 Å². The van der Waals surface area contributed by atoms with Crippen molar-refractivity contribution in [2.45, 2.75) is 155 Å². The van der Waals surface area contributed by atoms with Crippen LogP contribution in [0.15, 0.2) is 0 Å². The van der Waals surface area contributed by atoms with Crippen LogP contribution in [0.5, 0.6) is 0 Å². The van der Waals surface area contributed by atoms with Gasteiger partial charge in [-0.15, -0.1) is 0 Å². The Morgan fingerprint density at radius 3 is 2.04 bits per heavy atom. The van der Waals surface area contributed by atoms with Crippen LogP contribution in [0.3, 0.4) is 0 Å². The molecule has 0 aliphatic heterocycles. The highest BCUT2D eigenvalue weighted by molar-refractivity contribution is 5.71. The van der Waals surface area contributed by atoms with Crippen molar-refractivity contribution < 1.29 is 38.1 Å². The predicted octanol–water partition coefficient (Wildman–Crippen LogP) is 5.58. The van der Waals surface area contributed by atoms with Crippen LogP contribution < -0.4 is 17.2 Å². The fraction of sp³-hybridized carbons (Fsp3) is 0.900. The number of esters is 4. The minimum atomic E-state index is -0.370. The summed E-state index contributed by atoms with van der Waals surface area (Å²) in [5.74, 6) is -0.00580. The first kappa shape index (κ1) is 41.5. The van der Waals surface area contributed by atoms with Gasteiger partial charge in [-0.2, -0.15) is 0 Å². The molecule has 4 fully saturated rings. The maximum Gasteiger partial charge on any atom is 0.307 e. The number of ether oxygens (including phenoxy) is 4. The molecule has 0 radical (unpaired) electrons. The predicted molar refractivity (Wildman–Crippen MR) is 195 cm³/mol. The van der Waals surface area contributed by atoms with E-state index in [2.05, 4.69) is 27.7 Å². The van der Waals surface area contributed by atoms with Gasteiger partial charge in [0.2, 0.25) is 0 Å². The maximum absolute atomic E-state index is 13.2. The van der Waals surface area contributed by atoms with Crippen LogP contribution in [0.1, 0.15) is 137 Å². The summed E-state index contributed by atoms with van der Waals surface area (Å²) in [4.78, 5) is 51.5. The molecule has 0 aromatic heterocycles. The second kappa shape index (κ2) is 19.2. The summed E-state index contributed by atoms with van der Waals surface area (Å²) >= 11 is 0. The monoisotopic (exact) mass is 720 g/mol. The van der Waals surface area contributed by atoms with Crippen molar-refractivity contribution in [3.05, 3.63) is 0 Å². The molecule has 292 valence electrons. The standard InChI is InChI=1S/C40H69N3O8/c1-5-6-7-8-9-22-48-34(44)13-10-26(2)29-11-12-30-38-31(25-33(40(29,30)4)51-37(47)17-21-43)39(3)18-14-28(49-35(45)15-19-41)23-27(39)24-32(38)50-36(46)16-20-42/h26-33,38H,5-25,41-43H2,1-4H3/t26-,27+,28-,29-,30+,31+,32-,33+,38+,39+,40-/m1/s1. The summed E-state index contributed by atoms with van der Waals surface area (Å²) in [7, 11) is 0. The van der Waals surface area contributed by atoms with E-state index in [1.54, 1.807) is 0 Å². The summed E-state index contributed by atoms with van der Waals surface area (Å²) < 4.78 is 24.3. The normalized spacial score (nSPS) is 34.7. The van der Waals surface area contributed by atoms with Gasteiger partial charge in [0.1, 0.15) is 18.3 Å². The number of nitrogens with two attached hydrogens (primary N) is 3. The molecule has 0 spiro atoms. The Balaban J connectivity index is 1.58. The van der Waals surface area contributed by atoms with E-state index in [1.165, 1.54) is 19.3 Å². The van der Waals surface area contributed by atoms with Crippen LogP contribution in [0.2, 0.25) is 0 Å². The summed E-state index contributed by atoms with van der Waals surface area (Å²) in [5.41, 5.74) is 16.7. The lowest BCUT2D eigenvalue weighted by atomic mass is 9.43. The van der Waals surface area contributed by atoms with Crippen molar-refractivity contribution in [2.75, 3.05) is 26.2 Å². The molecule has 0 saturated heterocycles. The Bertz CT molecular complexity index is 1170. The van der Waals surface area contributed by atoms with E-state index >= 15 is 0 Å². The smallest absolute Gasteiger partial charge is 0.307 e. The van der Waals surface area contributed by atoms with Gasteiger partial charge in [-0.25, -0.2) is 0 Å². The molecule has 11 atom stereocenters. The highest BCUT2D eigenvalue weighted by Gasteiger charge is 2.67. The van der Waals surface area contributed by atoms with Crippen LogP contribution in [0.25, 0.3) is 0 Å². The lowest BCUT2D eigenvalue weighted by Gasteiger charge is -2.64. The topological polar surface area (TPSA) is 183 Å². The third-order valence-electron chi connectivity index (χ3n) is 13.7. The average Bonchev–Trinajstić information content (AvgIpc) is 3.44. The Kier molecular flexibility index (Phi) is 15.6. The third-order valence-corrected chi connectivity index (χ3v) is 13.7. The van der Waals surface area contributed by atoms with Crippen LogP contribution in [0.4, 0.5) is 0 Å². The van der Waals surface area contributed by atoms with Crippen LogP contribution in [-0.2, 0) is 38.1 Å². The van der Waals surface area contributed by atoms with Crippen molar-refractivity contribution in [3.63, 3.8) is 0 Å². The van der Waals surface area contributed by atoms with E-state index in [1.807, 2.05) is 0 Å². The second-order valence-electron chi connectivity index (χ2n) is 16.7. The molecule has 0 amide bonds. The number of fused-ring (bicyclic) bond motifs is 5. The lowest BCUT2D eigenvalue weighted by Crippen LogP contribution is -2.63. The molecule has 4 aliphatic carbocycles. The SMILES string of the molecule is CCCCCCCOC(=O)CC[C@@H](C)[C@H]1CC[C@H]2[C@@H]3[C@H](OC(=O)CCN)C[C@@H]4C[C@H](OC(=O)CCN)CC[C@]4(C)[C@H]3C[C@H](OC(=O)CCN)[C@]12C. The first-order valence-corrected chi connectivity index (χ1v) is 20.3. The molecule has 11 heteroatoms. The van der Waals surface area contributed by atoms with Gasteiger partial charge in [-0.05, 0) is 92.8 Å². The molecule has 6 N–H and O–H groups in total. The van der Waals surface area contributed by atoms with Crippen molar-refractivity contribution >= 4 is 23.9 Å². The van der Waals surface area contributed by atoms with Gasteiger partial charge in [0.25, 0.3) is 0 Å². The molecule has 0 aromatic rings. The van der Waals surface area contributed by atoms with Crippen LogP contribution >= 0.6 is 0 Å². The molecule has 0 unspecified atom stereocenters. The van der Waals surface area contributed by atoms with E-state index in [4.69, 9.17) is 36.1 Å². The zero-order chi connectivity index (χ0) is 37.2. The number of hydrogen-bond acceptors (Lipinski definition) is 11. The fourth-order valence-electron chi connectivity index (χ4n) is 11.0. The molecule has 0 aromatic carbocycles. The molecule has 0 heterocycles. The quantitative estimate of drug-likeness (QED) is 0.0861. The zero-order valence-electron chi connectivity index (χ0n) is 32.0. The first-order chi connectivity index (χ1) is 24.4. The Hall–Kier alpha value is -2.24. The van der Waals surface area contributed by atoms with Crippen molar-refractivity contribution in [2.24, 2.45) is 63.5 Å². The summed E-state index contributed by atoms with van der Waals surface area (Å²) in [5, 5.41) is 0. The average molecular weight is 720 g/mol. The number of carbonyl (C=O) groups is 4. The molecule has 0 bridgehead atoms. The summed E-state index contributed by atoms with van der Waals surface area (Å²) in [6, 6.07) is 0. The molecule has 4 rings (SSSR count). The van der Waals surface area contributed by atoms with Gasteiger partial charge in [0.15, 0.2) is 0 Å². The third kappa shape index (κ3) is 9.85. The van der Waals surface area contributed by atoms with Crippen molar-refractivity contribution in [1.82, 2.24) is 0 Å². The molecular formula is C40H69N3O8. The van der Waals surface area contributed by atoms with E-state index in [0.29, 0.717) is 38.7 Å². The van der Waals surface area contributed by atoms with E-state index in [9.17, 15) is 19.2 Å². The van der Waals surface area contributed by atoms with Gasteiger partial charge in [0.05, 0.1) is 25.9 Å². The van der Waals surface area contributed by atoms with Gasteiger partial charge >= 0.3 is 23.9 Å². The van der Waals surface area contributed by atoms with E-state index < -0.39 is 0 Å². The number of carbonyl (C=O) groups excluding carboxylic acids is 4. The Morgan fingerprint density at radius 2 is 1.37 bits per heavy atom. The highest BCUT2D eigenvalue weighted by atomic mass is 16.6. The van der Waals surface area contributed by atoms with Gasteiger partial charge in [-0.3, -0.25) is 19.2 Å². The maximum atomic E-state index is 13.2. The lowest BCUT2D eigenvalue weighted by molar-refractivity contribution is -0.225. The van der Waals surface area contributed by atoms with Gasteiger partial charge in [0, 0.05) is 37.4 Å². The first-order valence-electron chi connectivity index (χ1n) is 20.3. The number of hydrogen-bond donors (Lipinski definition) is 3. The largest absolute Gasteiger partial charge is 0.466 e. The molecule has 51 heavy (non-hydrogen) atoms. The minimum absolute atomic E-state index is 0.0913. The zero-order valence-corrected chi connectivity index (χ0v) is 32.0. The summed E-state index contributed by atoms with van der Waals surface area (Å²) in [6.07, 6.45) is 11.9. The van der Waals surface area contributed by atoms with E-state index in [0.717, 1.165) is 38.5 Å². The minimum Gasteiger partial charge on any atom is -0.466 e. The van der Waals surface area contributed by atoms with Crippen LogP contribution in [-0.4, -0.2) is 68.4 Å². The van der Waals surface area contributed by atoms with Crippen molar-refractivity contribution in [3.8, 4) is 0 Å². The fourth-order valence-corrected chi connectivity index (χ4v) is 11.0. The van der Waals surface area contributed by atoms with Crippen molar-refractivity contribution in [1.29, 1.82) is 0 Å². The number of unbranched alkanes of at least 4 members (excludes halogenated alkanes) is 4. The van der Waals surface area contributed by atoms with E-state index in [-0.39, 0.29) is 127 Å². The second-order valence-corrected chi connectivity index (χ2v) is 16.7. The summed E-state index contributed by atoms with van der Waals surface area (Å²) in [6.45, 7) is 10.2. The Labute approximate surface area is 306 Å². The molecule has 11 nitrogen and oxygen atoms in total. The highest BCUT2D eigenvalue weighted by Crippen LogP contribution is 2.69. The Morgan fingerprint density at radius 1 is 0.725 bits per heavy atom. The van der Waals surface area contributed by atoms with Crippen LogP contribution in [0, 0.1) is 46.3 Å². The number of rotatable bonds is 19.